The normalized spacial score (nSPS) is 10.3. The van der Waals surface area contributed by atoms with Crippen molar-refractivity contribution in [2.45, 2.75) is 6.61 Å². The fourth-order valence-corrected chi connectivity index (χ4v) is 1.67. The Morgan fingerprint density at radius 2 is 2.25 bits per heavy atom. The Hall–Kier alpha value is 0.320. The lowest BCUT2D eigenvalue weighted by Gasteiger charge is -2.04. The zero-order valence-corrected chi connectivity index (χ0v) is 10.1. The van der Waals surface area contributed by atoms with Crippen molar-refractivity contribution in [3.8, 4) is 0 Å². The number of benzene rings is 1. The Balaban J connectivity index is 3.08. The number of halogens is 3. The van der Waals surface area contributed by atoms with Crippen molar-refractivity contribution in [2.75, 3.05) is 7.11 Å². The lowest BCUT2D eigenvalue weighted by molar-refractivity contribution is 0.181. The maximum Gasteiger partial charge on any atom is 0.143 e. The molecular formula is C8H7BrFIO. The van der Waals surface area contributed by atoms with E-state index in [2.05, 4.69) is 15.9 Å². The second-order valence-corrected chi connectivity index (χ2v) is 4.20. The summed E-state index contributed by atoms with van der Waals surface area (Å²) < 4.78 is 19.6. The van der Waals surface area contributed by atoms with Gasteiger partial charge in [-0.2, -0.15) is 0 Å². The Kier molecular flexibility index (Phi) is 3.92. The monoisotopic (exact) mass is 344 g/mol. The predicted molar refractivity (Wildman–Crippen MR) is 57.5 cm³/mol. The number of methoxy groups -OCH3 is 1. The summed E-state index contributed by atoms with van der Waals surface area (Å²) in [5.41, 5.74) is 0.588. The smallest absolute Gasteiger partial charge is 0.143 e. The molecule has 0 aromatic heterocycles. The molecule has 0 aliphatic rings. The highest BCUT2D eigenvalue weighted by atomic mass is 127. The van der Waals surface area contributed by atoms with Crippen LogP contribution in [0.1, 0.15) is 5.56 Å². The van der Waals surface area contributed by atoms with Crippen LogP contribution >= 0.6 is 38.5 Å². The van der Waals surface area contributed by atoms with Gasteiger partial charge < -0.3 is 4.74 Å². The van der Waals surface area contributed by atoms with Crippen LogP contribution in [0.4, 0.5) is 4.39 Å². The summed E-state index contributed by atoms with van der Waals surface area (Å²) in [6.45, 7) is 0.315. The molecule has 0 spiro atoms. The van der Waals surface area contributed by atoms with E-state index >= 15 is 0 Å². The Morgan fingerprint density at radius 3 is 2.83 bits per heavy atom. The summed E-state index contributed by atoms with van der Waals surface area (Å²) in [4.78, 5) is 0. The zero-order valence-electron chi connectivity index (χ0n) is 6.40. The van der Waals surface area contributed by atoms with Crippen LogP contribution in [0.25, 0.3) is 0 Å². The molecule has 0 N–H and O–H groups in total. The molecule has 0 fully saturated rings. The van der Waals surface area contributed by atoms with Crippen LogP contribution in [0.15, 0.2) is 16.6 Å². The van der Waals surface area contributed by atoms with Crippen molar-refractivity contribution in [3.05, 3.63) is 31.6 Å². The van der Waals surface area contributed by atoms with Crippen molar-refractivity contribution in [2.24, 2.45) is 0 Å². The second kappa shape index (κ2) is 4.53. The molecule has 0 amide bonds. The summed E-state index contributed by atoms with van der Waals surface area (Å²) in [7, 11) is 1.55. The molecule has 0 aliphatic carbocycles. The highest BCUT2D eigenvalue weighted by Crippen LogP contribution is 2.24. The van der Waals surface area contributed by atoms with Crippen molar-refractivity contribution in [3.63, 3.8) is 0 Å². The third-order valence-electron chi connectivity index (χ3n) is 1.42. The first-order chi connectivity index (χ1) is 5.66. The molecule has 0 saturated heterocycles. The molecule has 0 radical (unpaired) electrons. The minimum atomic E-state index is -0.202. The first kappa shape index (κ1) is 10.4. The maximum atomic E-state index is 13.3. The van der Waals surface area contributed by atoms with E-state index in [1.54, 1.807) is 13.2 Å². The van der Waals surface area contributed by atoms with Gasteiger partial charge in [-0.05, 0) is 44.6 Å². The Bertz CT molecular complexity index is 291. The lowest BCUT2D eigenvalue weighted by Crippen LogP contribution is -1.95. The molecule has 0 aliphatic heterocycles. The van der Waals surface area contributed by atoms with Crippen LogP contribution in [0.5, 0.6) is 0 Å². The fourth-order valence-electron chi connectivity index (χ4n) is 0.833. The average molecular weight is 345 g/mol. The SMILES string of the molecule is COCc1ccc(Br)c(I)c1F. The van der Waals surface area contributed by atoms with Gasteiger partial charge >= 0.3 is 0 Å². The van der Waals surface area contributed by atoms with Crippen LogP contribution in [-0.4, -0.2) is 7.11 Å². The molecule has 1 rings (SSSR count). The van der Waals surface area contributed by atoms with Crippen LogP contribution in [0.3, 0.4) is 0 Å². The number of hydrogen-bond acceptors (Lipinski definition) is 1. The molecule has 0 unspecified atom stereocenters. The quantitative estimate of drug-likeness (QED) is 0.590. The van der Waals surface area contributed by atoms with E-state index in [1.165, 1.54) is 0 Å². The van der Waals surface area contributed by atoms with Gasteiger partial charge in [0.1, 0.15) is 5.82 Å². The van der Waals surface area contributed by atoms with Crippen LogP contribution in [0.2, 0.25) is 0 Å². The summed E-state index contributed by atoms with van der Waals surface area (Å²) >= 11 is 5.20. The third-order valence-corrected chi connectivity index (χ3v) is 3.87. The molecular weight excluding hydrogens is 338 g/mol. The second-order valence-electron chi connectivity index (χ2n) is 2.27. The molecule has 12 heavy (non-hydrogen) atoms. The molecule has 0 saturated carbocycles. The van der Waals surface area contributed by atoms with E-state index in [0.717, 1.165) is 4.47 Å². The van der Waals surface area contributed by atoms with Gasteiger partial charge in [-0.1, -0.05) is 6.07 Å². The zero-order chi connectivity index (χ0) is 9.14. The molecule has 66 valence electrons. The summed E-state index contributed by atoms with van der Waals surface area (Å²) in [6.07, 6.45) is 0. The van der Waals surface area contributed by atoms with E-state index in [1.807, 2.05) is 28.7 Å². The van der Waals surface area contributed by atoms with Crippen LogP contribution in [0, 0.1) is 9.39 Å². The molecule has 0 atom stereocenters. The van der Waals surface area contributed by atoms with E-state index in [9.17, 15) is 4.39 Å². The molecule has 1 nitrogen and oxygen atoms in total. The average Bonchev–Trinajstić information content (AvgIpc) is 2.07. The summed E-state index contributed by atoms with van der Waals surface area (Å²) in [5.74, 6) is -0.202. The van der Waals surface area contributed by atoms with E-state index in [0.29, 0.717) is 15.7 Å². The van der Waals surface area contributed by atoms with Crippen molar-refractivity contribution >= 4 is 38.5 Å². The van der Waals surface area contributed by atoms with Gasteiger partial charge in [-0.3, -0.25) is 0 Å². The minimum absolute atomic E-state index is 0.202. The van der Waals surface area contributed by atoms with Gasteiger partial charge in [0.05, 0.1) is 10.2 Å². The molecule has 1 aromatic carbocycles. The standard InChI is InChI=1S/C8H7BrFIO/c1-12-4-5-2-3-6(9)8(11)7(5)10/h2-3H,4H2,1H3. The van der Waals surface area contributed by atoms with Crippen molar-refractivity contribution < 1.29 is 9.13 Å². The Morgan fingerprint density at radius 1 is 1.58 bits per heavy atom. The summed E-state index contributed by atoms with van der Waals surface area (Å²) in [6, 6.07) is 3.53. The molecule has 0 heterocycles. The van der Waals surface area contributed by atoms with Gasteiger partial charge in [0, 0.05) is 17.1 Å². The highest BCUT2D eigenvalue weighted by molar-refractivity contribution is 14.1. The van der Waals surface area contributed by atoms with Crippen LogP contribution in [-0.2, 0) is 11.3 Å². The number of ether oxygens (including phenoxy) is 1. The van der Waals surface area contributed by atoms with Gasteiger partial charge in [-0.25, -0.2) is 4.39 Å². The minimum Gasteiger partial charge on any atom is -0.380 e. The fraction of sp³-hybridized carbons (Fsp3) is 0.250. The van der Waals surface area contributed by atoms with Gasteiger partial charge in [-0.15, -0.1) is 0 Å². The largest absolute Gasteiger partial charge is 0.380 e. The van der Waals surface area contributed by atoms with Gasteiger partial charge in [0.2, 0.25) is 0 Å². The number of hydrogen-bond donors (Lipinski definition) is 0. The van der Waals surface area contributed by atoms with Gasteiger partial charge in [0.15, 0.2) is 0 Å². The van der Waals surface area contributed by atoms with E-state index < -0.39 is 0 Å². The highest BCUT2D eigenvalue weighted by Gasteiger charge is 2.08. The first-order valence-electron chi connectivity index (χ1n) is 3.28. The topological polar surface area (TPSA) is 9.23 Å². The predicted octanol–water partition coefficient (Wildman–Crippen LogP) is 3.34. The van der Waals surface area contributed by atoms with Crippen molar-refractivity contribution in [1.82, 2.24) is 0 Å². The maximum absolute atomic E-state index is 13.3. The van der Waals surface area contributed by atoms with Crippen LogP contribution < -0.4 is 0 Å². The molecule has 1 aromatic rings. The van der Waals surface area contributed by atoms with Crippen molar-refractivity contribution in [1.29, 1.82) is 0 Å². The third kappa shape index (κ3) is 2.17. The lowest BCUT2D eigenvalue weighted by atomic mass is 10.2. The van der Waals surface area contributed by atoms with E-state index in [-0.39, 0.29) is 5.82 Å². The summed E-state index contributed by atoms with van der Waals surface area (Å²) in [5, 5.41) is 0. The Labute approximate surface area is 92.6 Å². The van der Waals surface area contributed by atoms with E-state index in [4.69, 9.17) is 4.74 Å². The number of rotatable bonds is 2. The van der Waals surface area contributed by atoms with Gasteiger partial charge in [0.25, 0.3) is 0 Å². The molecule has 0 bridgehead atoms. The molecule has 4 heteroatoms. The first-order valence-corrected chi connectivity index (χ1v) is 5.15.